The number of aromatic nitrogens is 2. The van der Waals surface area contributed by atoms with E-state index in [1.807, 2.05) is 24.3 Å². The number of benzene rings is 2. The van der Waals surface area contributed by atoms with E-state index in [0.29, 0.717) is 16.5 Å². The Morgan fingerprint density at radius 1 is 1.06 bits per heavy atom. The minimum Gasteiger partial charge on any atom is -0.507 e. The fourth-order valence-corrected chi connectivity index (χ4v) is 4.27. The van der Waals surface area contributed by atoms with Crippen molar-refractivity contribution in [1.29, 1.82) is 0 Å². The number of rotatable bonds is 4. The van der Waals surface area contributed by atoms with Crippen LogP contribution in [-0.2, 0) is 9.59 Å². The smallest absolute Gasteiger partial charge is 0.301 e. The molecule has 0 bridgehead atoms. The van der Waals surface area contributed by atoms with Gasteiger partial charge in [0.1, 0.15) is 16.6 Å². The van der Waals surface area contributed by atoms with Crippen molar-refractivity contribution in [3.63, 3.8) is 0 Å². The third-order valence-corrected chi connectivity index (χ3v) is 6.04. The molecule has 2 heterocycles. The molecule has 4 rings (SSSR count). The van der Waals surface area contributed by atoms with Crippen LogP contribution in [0.25, 0.3) is 5.76 Å². The molecular weight excluding hydrogens is 417 g/mol. The summed E-state index contributed by atoms with van der Waals surface area (Å²) in [4.78, 5) is 27.3. The first-order valence-electron chi connectivity index (χ1n) is 9.75. The molecule has 8 heteroatoms. The highest BCUT2D eigenvalue weighted by Crippen LogP contribution is 2.43. The van der Waals surface area contributed by atoms with Gasteiger partial charge in [-0.25, -0.2) is 4.39 Å². The van der Waals surface area contributed by atoms with Crippen LogP contribution >= 0.6 is 11.3 Å². The van der Waals surface area contributed by atoms with Gasteiger partial charge < -0.3 is 5.11 Å². The highest BCUT2D eigenvalue weighted by molar-refractivity contribution is 7.15. The second-order valence-corrected chi connectivity index (χ2v) is 8.76. The minimum atomic E-state index is -0.876. The summed E-state index contributed by atoms with van der Waals surface area (Å²) in [5.74, 6) is -2.14. The van der Waals surface area contributed by atoms with Crippen molar-refractivity contribution in [2.45, 2.75) is 32.7 Å². The summed E-state index contributed by atoms with van der Waals surface area (Å²) < 4.78 is 13.4. The lowest BCUT2D eigenvalue weighted by Crippen LogP contribution is -2.29. The maximum atomic E-state index is 13.4. The number of Topliss-reactive ketones (excluding diaryl/α,β-unsaturated/α-hetero) is 1. The van der Waals surface area contributed by atoms with Crippen LogP contribution in [0.3, 0.4) is 0 Å². The van der Waals surface area contributed by atoms with E-state index in [0.717, 1.165) is 5.56 Å². The zero-order valence-electron chi connectivity index (χ0n) is 17.2. The monoisotopic (exact) mass is 437 g/mol. The molecule has 1 saturated heterocycles. The van der Waals surface area contributed by atoms with Crippen LogP contribution in [0.5, 0.6) is 0 Å². The predicted molar refractivity (Wildman–Crippen MR) is 116 cm³/mol. The Morgan fingerprint density at radius 2 is 1.71 bits per heavy atom. The molecule has 31 heavy (non-hydrogen) atoms. The molecule has 158 valence electrons. The first-order chi connectivity index (χ1) is 14.8. The number of anilines is 1. The van der Waals surface area contributed by atoms with Gasteiger partial charge in [-0.2, -0.15) is 0 Å². The van der Waals surface area contributed by atoms with Crippen molar-refractivity contribution in [2.24, 2.45) is 0 Å². The maximum Gasteiger partial charge on any atom is 0.301 e. The number of hydrogen-bond acceptors (Lipinski definition) is 6. The summed E-state index contributed by atoms with van der Waals surface area (Å²) in [5.41, 5.74) is 1.93. The molecule has 1 fully saturated rings. The van der Waals surface area contributed by atoms with Gasteiger partial charge in [-0.15, -0.1) is 10.2 Å². The van der Waals surface area contributed by atoms with Crippen LogP contribution in [-0.4, -0.2) is 27.0 Å². The highest BCUT2D eigenvalue weighted by atomic mass is 32.1. The maximum absolute atomic E-state index is 13.4. The topological polar surface area (TPSA) is 83.4 Å². The first-order valence-corrected chi connectivity index (χ1v) is 10.6. The molecule has 6 nitrogen and oxygen atoms in total. The van der Waals surface area contributed by atoms with Crippen molar-refractivity contribution >= 4 is 33.9 Å². The summed E-state index contributed by atoms with van der Waals surface area (Å²) in [6.07, 6.45) is 0. The Balaban J connectivity index is 1.91. The Bertz CT molecular complexity index is 1180. The van der Waals surface area contributed by atoms with Crippen LogP contribution < -0.4 is 4.90 Å². The zero-order chi connectivity index (χ0) is 22.3. The molecule has 3 aromatic rings. The summed E-state index contributed by atoms with van der Waals surface area (Å²) in [7, 11) is 0. The first kappa shape index (κ1) is 20.9. The lowest BCUT2D eigenvalue weighted by atomic mass is 9.93. The van der Waals surface area contributed by atoms with Crippen molar-refractivity contribution in [3.8, 4) is 0 Å². The van der Waals surface area contributed by atoms with Gasteiger partial charge in [0, 0.05) is 5.56 Å². The molecule has 2 aromatic carbocycles. The van der Waals surface area contributed by atoms with E-state index >= 15 is 0 Å². The number of amides is 1. The van der Waals surface area contributed by atoms with Crippen molar-refractivity contribution < 1.29 is 19.1 Å². The van der Waals surface area contributed by atoms with E-state index in [4.69, 9.17) is 0 Å². The average molecular weight is 437 g/mol. The molecule has 0 spiro atoms. The van der Waals surface area contributed by atoms with Gasteiger partial charge in [0.15, 0.2) is 0 Å². The molecule has 1 N–H and O–H groups in total. The SMILES string of the molecule is Cc1nnc(N2C(=O)C(=O)/C(=C(\O)c3ccc(F)cc3)C2c2ccc(C(C)C)cc2)s1. The van der Waals surface area contributed by atoms with Crippen LogP contribution in [0.1, 0.15) is 47.5 Å². The molecule has 1 aliphatic heterocycles. The Morgan fingerprint density at radius 3 is 2.26 bits per heavy atom. The molecule has 1 aliphatic rings. The van der Waals surface area contributed by atoms with Crippen molar-refractivity contribution in [2.75, 3.05) is 4.90 Å². The molecular formula is C23H20FN3O3S. The Labute approximate surface area is 182 Å². The van der Waals surface area contributed by atoms with E-state index < -0.39 is 23.5 Å². The molecule has 0 saturated carbocycles. The van der Waals surface area contributed by atoms with Gasteiger partial charge in [-0.1, -0.05) is 49.4 Å². The van der Waals surface area contributed by atoms with E-state index in [-0.39, 0.29) is 22.0 Å². The number of hydrogen-bond donors (Lipinski definition) is 1. The van der Waals surface area contributed by atoms with Crippen LogP contribution in [0, 0.1) is 12.7 Å². The molecule has 1 unspecified atom stereocenters. The lowest BCUT2D eigenvalue weighted by Gasteiger charge is -2.23. The molecule has 0 aliphatic carbocycles. The second-order valence-electron chi connectivity index (χ2n) is 7.60. The van der Waals surface area contributed by atoms with Crippen LogP contribution in [0.15, 0.2) is 54.1 Å². The van der Waals surface area contributed by atoms with Gasteiger partial charge in [-0.3, -0.25) is 14.5 Å². The molecule has 0 radical (unpaired) electrons. The van der Waals surface area contributed by atoms with E-state index in [2.05, 4.69) is 24.0 Å². The van der Waals surface area contributed by atoms with Crippen LogP contribution in [0.2, 0.25) is 0 Å². The fourth-order valence-electron chi connectivity index (χ4n) is 3.56. The number of carbonyl (C=O) groups excluding carboxylic acids is 2. The van der Waals surface area contributed by atoms with E-state index in [9.17, 15) is 19.1 Å². The molecule has 1 aromatic heterocycles. The number of ketones is 1. The normalized spacial score (nSPS) is 18.2. The standard InChI is InChI=1S/C23H20FN3O3S/c1-12(2)14-4-6-15(7-5-14)19-18(20(28)16-8-10-17(24)11-9-16)21(29)22(30)27(19)23-26-25-13(3)31-23/h4-12,19,28H,1-3H3/b20-18-. The number of aliphatic hydroxyl groups is 1. The lowest BCUT2D eigenvalue weighted by molar-refractivity contribution is -0.132. The van der Waals surface area contributed by atoms with Gasteiger partial charge in [0.2, 0.25) is 5.13 Å². The zero-order valence-corrected chi connectivity index (χ0v) is 18.0. The van der Waals surface area contributed by atoms with Gasteiger partial charge in [-0.05, 0) is 48.2 Å². The third kappa shape index (κ3) is 3.74. The van der Waals surface area contributed by atoms with Crippen LogP contribution in [0.4, 0.5) is 9.52 Å². The van der Waals surface area contributed by atoms with E-state index in [1.165, 1.54) is 40.5 Å². The van der Waals surface area contributed by atoms with Crippen molar-refractivity contribution in [1.82, 2.24) is 10.2 Å². The Kier molecular flexibility index (Phi) is 5.41. The molecule has 1 amide bonds. The van der Waals surface area contributed by atoms with Gasteiger partial charge in [0.05, 0.1) is 11.6 Å². The predicted octanol–water partition coefficient (Wildman–Crippen LogP) is 4.74. The summed E-state index contributed by atoms with van der Waals surface area (Å²) in [5, 5.41) is 19.9. The molecule has 1 atom stereocenters. The number of aryl methyl sites for hydroxylation is 1. The quantitative estimate of drug-likeness (QED) is 0.362. The van der Waals surface area contributed by atoms with Gasteiger partial charge in [0.25, 0.3) is 5.78 Å². The van der Waals surface area contributed by atoms with Crippen molar-refractivity contribution in [3.05, 3.63) is 81.6 Å². The fraction of sp³-hybridized carbons (Fsp3) is 0.217. The third-order valence-electron chi connectivity index (χ3n) is 5.20. The number of nitrogens with zero attached hydrogens (tertiary/aromatic N) is 3. The highest BCUT2D eigenvalue weighted by Gasteiger charge is 2.48. The van der Waals surface area contributed by atoms with E-state index in [1.54, 1.807) is 6.92 Å². The number of halogens is 1. The summed E-state index contributed by atoms with van der Waals surface area (Å²) in [6, 6.07) is 11.8. The van der Waals surface area contributed by atoms with Gasteiger partial charge >= 0.3 is 5.91 Å². The summed E-state index contributed by atoms with van der Waals surface area (Å²) >= 11 is 1.19. The minimum absolute atomic E-state index is 0.0678. The average Bonchev–Trinajstić information content (AvgIpc) is 3.29. The Hall–Kier alpha value is -3.39. The number of aliphatic hydroxyl groups excluding tert-OH is 1. The second kappa shape index (κ2) is 8.03. The largest absolute Gasteiger partial charge is 0.507 e. The number of carbonyl (C=O) groups is 2. The summed E-state index contributed by atoms with van der Waals surface area (Å²) in [6.45, 7) is 5.89.